The van der Waals surface area contributed by atoms with Crippen molar-refractivity contribution in [2.75, 3.05) is 23.9 Å². The van der Waals surface area contributed by atoms with E-state index in [1.165, 1.54) is 4.90 Å². The molecule has 4 aromatic carbocycles. The van der Waals surface area contributed by atoms with Crippen LogP contribution in [0.1, 0.15) is 12.5 Å². The monoisotopic (exact) mass is 464 g/mol. The fourth-order valence-electron chi connectivity index (χ4n) is 4.35. The molecule has 0 radical (unpaired) electrons. The summed E-state index contributed by atoms with van der Waals surface area (Å²) in [7, 11) is 1.54. The molecule has 0 bridgehead atoms. The number of hydrogen-bond acceptors (Lipinski definition) is 5. The molecule has 0 aromatic heterocycles. The Kier molecular flexibility index (Phi) is 5.94. The lowest BCUT2D eigenvalue weighted by Gasteiger charge is -2.18. The number of benzene rings is 4. The first-order valence-electron chi connectivity index (χ1n) is 11.4. The first-order valence-corrected chi connectivity index (χ1v) is 11.4. The number of imide groups is 1. The molecule has 1 aliphatic rings. The Hall–Kier alpha value is -4.58. The Morgan fingerprint density at radius 1 is 0.771 bits per heavy atom. The highest BCUT2D eigenvalue weighted by Gasteiger charge is 2.42. The number of carbonyl (C=O) groups is 2. The lowest BCUT2D eigenvalue weighted by Crippen LogP contribution is -2.32. The van der Waals surface area contributed by atoms with Crippen molar-refractivity contribution < 1.29 is 19.1 Å². The molecule has 0 saturated heterocycles. The third-order valence-corrected chi connectivity index (χ3v) is 5.91. The molecule has 0 fully saturated rings. The van der Waals surface area contributed by atoms with Crippen LogP contribution >= 0.6 is 0 Å². The summed E-state index contributed by atoms with van der Waals surface area (Å²) in [6.45, 7) is 2.36. The molecular weight excluding hydrogens is 440 g/mol. The molecule has 0 unspecified atom stereocenters. The second-order valence-electron chi connectivity index (χ2n) is 7.95. The number of nitrogens with zero attached hydrogens (tertiary/aromatic N) is 1. The van der Waals surface area contributed by atoms with E-state index in [-0.39, 0.29) is 11.3 Å². The Morgan fingerprint density at radius 2 is 1.46 bits per heavy atom. The van der Waals surface area contributed by atoms with Crippen LogP contribution in [-0.2, 0) is 9.59 Å². The quantitative estimate of drug-likeness (QED) is 0.358. The summed E-state index contributed by atoms with van der Waals surface area (Å²) in [6, 6.07) is 27.8. The van der Waals surface area contributed by atoms with Gasteiger partial charge in [-0.3, -0.25) is 9.59 Å². The van der Waals surface area contributed by atoms with Gasteiger partial charge in [0.1, 0.15) is 17.2 Å². The zero-order valence-electron chi connectivity index (χ0n) is 19.4. The largest absolute Gasteiger partial charge is 0.496 e. The van der Waals surface area contributed by atoms with Crippen molar-refractivity contribution in [2.24, 2.45) is 0 Å². The molecular formula is C29H24N2O4. The molecule has 174 valence electrons. The first kappa shape index (κ1) is 22.2. The van der Waals surface area contributed by atoms with E-state index in [4.69, 9.17) is 9.47 Å². The van der Waals surface area contributed by atoms with Crippen molar-refractivity contribution in [1.82, 2.24) is 0 Å². The van der Waals surface area contributed by atoms with E-state index in [1.54, 1.807) is 25.3 Å². The summed E-state index contributed by atoms with van der Waals surface area (Å²) >= 11 is 0. The molecule has 0 atom stereocenters. The molecule has 35 heavy (non-hydrogen) atoms. The molecule has 6 nitrogen and oxygen atoms in total. The summed E-state index contributed by atoms with van der Waals surface area (Å²) in [5.41, 5.74) is 2.07. The lowest BCUT2D eigenvalue weighted by molar-refractivity contribution is -0.120. The number of nitrogens with one attached hydrogen (secondary N) is 1. The van der Waals surface area contributed by atoms with Crippen LogP contribution in [0.15, 0.2) is 96.7 Å². The van der Waals surface area contributed by atoms with E-state index in [9.17, 15) is 9.59 Å². The highest BCUT2D eigenvalue weighted by Crippen LogP contribution is 2.40. The summed E-state index contributed by atoms with van der Waals surface area (Å²) in [6.07, 6.45) is 0. The van der Waals surface area contributed by atoms with Gasteiger partial charge in [-0.05, 0) is 36.6 Å². The molecule has 0 saturated carbocycles. The van der Waals surface area contributed by atoms with Gasteiger partial charge in [-0.25, -0.2) is 4.90 Å². The van der Waals surface area contributed by atoms with Crippen LogP contribution in [0, 0.1) is 0 Å². The molecule has 1 aliphatic heterocycles. The van der Waals surface area contributed by atoms with Crippen molar-refractivity contribution >= 4 is 39.5 Å². The highest BCUT2D eigenvalue weighted by atomic mass is 16.5. The van der Waals surface area contributed by atoms with Gasteiger partial charge >= 0.3 is 0 Å². The normalized spacial score (nSPS) is 13.5. The van der Waals surface area contributed by atoms with Gasteiger partial charge in [0, 0.05) is 10.9 Å². The molecule has 2 amide bonds. The average Bonchev–Trinajstić information content (AvgIpc) is 3.13. The van der Waals surface area contributed by atoms with Crippen molar-refractivity contribution in [1.29, 1.82) is 0 Å². The number of fused-ring (bicyclic) bond motifs is 1. The van der Waals surface area contributed by atoms with Crippen LogP contribution in [0.2, 0.25) is 0 Å². The number of para-hydroxylation sites is 3. The van der Waals surface area contributed by atoms with Crippen LogP contribution < -0.4 is 19.7 Å². The Labute approximate surface area is 203 Å². The average molecular weight is 465 g/mol. The fraction of sp³-hybridized carbons (Fsp3) is 0.103. The number of anilines is 2. The van der Waals surface area contributed by atoms with Gasteiger partial charge in [0.2, 0.25) is 0 Å². The third-order valence-electron chi connectivity index (χ3n) is 5.91. The van der Waals surface area contributed by atoms with Crippen LogP contribution in [0.25, 0.3) is 16.3 Å². The molecule has 0 aliphatic carbocycles. The molecule has 1 N–H and O–H groups in total. The van der Waals surface area contributed by atoms with Gasteiger partial charge in [-0.15, -0.1) is 0 Å². The predicted molar refractivity (Wildman–Crippen MR) is 138 cm³/mol. The molecule has 0 spiro atoms. The van der Waals surface area contributed by atoms with E-state index in [0.717, 1.165) is 10.8 Å². The summed E-state index contributed by atoms with van der Waals surface area (Å²) < 4.78 is 11.3. The van der Waals surface area contributed by atoms with Gasteiger partial charge in [-0.2, -0.15) is 0 Å². The Balaban J connectivity index is 1.69. The van der Waals surface area contributed by atoms with E-state index in [2.05, 4.69) is 5.32 Å². The Bertz CT molecular complexity index is 1470. The van der Waals surface area contributed by atoms with Crippen LogP contribution in [-0.4, -0.2) is 25.5 Å². The van der Waals surface area contributed by atoms with E-state index in [1.807, 2.05) is 79.7 Å². The predicted octanol–water partition coefficient (Wildman–Crippen LogP) is 5.64. The third kappa shape index (κ3) is 3.89. The Morgan fingerprint density at radius 3 is 2.26 bits per heavy atom. The van der Waals surface area contributed by atoms with Crippen molar-refractivity contribution in [2.45, 2.75) is 6.92 Å². The fourth-order valence-corrected chi connectivity index (χ4v) is 4.35. The zero-order chi connectivity index (χ0) is 24.4. The van der Waals surface area contributed by atoms with Gasteiger partial charge in [0.15, 0.2) is 0 Å². The second kappa shape index (κ2) is 9.35. The highest BCUT2D eigenvalue weighted by molar-refractivity contribution is 6.47. The minimum Gasteiger partial charge on any atom is -0.496 e. The number of rotatable bonds is 7. The van der Waals surface area contributed by atoms with Gasteiger partial charge in [0.25, 0.3) is 11.8 Å². The molecule has 5 rings (SSSR count). The standard InChI is InChI=1S/C29H24N2O4/c1-3-35-25-18-9-7-15-22(25)30-27-26(21-14-6-8-17-24(21)34-2)28(32)31(29(27)33)23-16-10-12-19-11-4-5-13-20(19)23/h4-18,30H,3H2,1-2H3. The molecule has 1 heterocycles. The van der Waals surface area contributed by atoms with Crippen LogP contribution in [0.4, 0.5) is 11.4 Å². The molecule has 4 aromatic rings. The van der Waals surface area contributed by atoms with Gasteiger partial charge in [-0.1, -0.05) is 66.7 Å². The van der Waals surface area contributed by atoms with Crippen molar-refractivity contribution in [3.8, 4) is 11.5 Å². The number of carbonyl (C=O) groups excluding carboxylic acids is 2. The zero-order valence-corrected chi connectivity index (χ0v) is 19.4. The number of hydrogen-bond donors (Lipinski definition) is 1. The summed E-state index contributed by atoms with van der Waals surface area (Å²) in [4.78, 5) is 29.1. The first-order chi connectivity index (χ1) is 17.1. The van der Waals surface area contributed by atoms with E-state index < -0.39 is 11.8 Å². The number of methoxy groups -OCH3 is 1. The van der Waals surface area contributed by atoms with Crippen LogP contribution in [0.3, 0.4) is 0 Å². The minimum absolute atomic E-state index is 0.166. The topological polar surface area (TPSA) is 67.9 Å². The van der Waals surface area contributed by atoms with E-state index >= 15 is 0 Å². The maximum Gasteiger partial charge on any atom is 0.282 e. The summed E-state index contributed by atoms with van der Waals surface area (Å²) in [5.74, 6) is 0.220. The van der Waals surface area contributed by atoms with Crippen molar-refractivity contribution in [3.63, 3.8) is 0 Å². The van der Waals surface area contributed by atoms with Crippen LogP contribution in [0.5, 0.6) is 11.5 Å². The van der Waals surface area contributed by atoms with Gasteiger partial charge in [0.05, 0.1) is 30.7 Å². The minimum atomic E-state index is -0.446. The SMILES string of the molecule is CCOc1ccccc1NC1=C(c2ccccc2OC)C(=O)N(c2cccc3ccccc23)C1=O. The maximum atomic E-state index is 14.0. The molecule has 6 heteroatoms. The van der Waals surface area contributed by atoms with Gasteiger partial charge < -0.3 is 14.8 Å². The maximum absolute atomic E-state index is 14.0. The van der Waals surface area contributed by atoms with E-state index in [0.29, 0.717) is 35.0 Å². The lowest BCUT2D eigenvalue weighted by atomic mass is 10.0. The number of ether oxygens (including phenoxy) is 2. The second-order valence-corrected chi connectivity index (χ2v) is 7.95. The smallest absolute Gasteiger partial charge is 0.282 e. The van der Waals surface area contributed by atoms with Crippen molar-refractivity contribution in [3.05, 3.63) is 102 Å². The summed E-state index contributed by atoms with van der Waals surface area (Å²) in [5, 5.41) is 4.96. The number of amides is 2.